The van der Waals surface area contributed by atoms with E-state index in [1.54, 1.807) is 0 Å². The zero-order valence-corrected chi connectivity index (χ0v) is 14.9. The Kier molecular flexibility index (Phi) is 2.82. The summed E-state index contributed by atoms with van der Waals surface area (Å²) >= 11 is 0. The lowest BCUT2D eigenvalue weighted by Gasteiger charge is -2.42. The Bertz CT molecular complexity index is 1140. The Hall–Kier alpha value is -2.80. The van der Waals surface area contributed by atoms with Gasteiger partial charge in [-0.15, -0.1) is 0 Å². The molecule has 0 bridgehead atoms. The number of fused-ring (bicyclic) bond motifs is 7. The van der Waals surface area contributed by atoms with E-state index >= 15 is 0 Å². The van der Waals surface area contributed by atoms with Crippen molar-refractivity contribution in [3.63, 3.8) is 0 Å². The molecule has 0 radical (unpaired) electrons. The van der Waals surface area contributed by atoms with Crippen molar-refractivity contribution < 1.29 is 0 Å². The molecule has 0 saturated carbocycles. The van der Waals surface area contributed by atoms with Gasteiger partial charge in [-0.05, 0) is 33.4 Å². The minimum Gasteiger partial charge on any atom is -0.344 e. The predicted molar refractivity (Wildman–Crippen MR) is 108 cm³/mol. The zero-order chi connectivity index (χ0) is 17.2. The van der Waals surface area contributed by atoms with Gasteiger partial charge < -0.3 is 4.90 Å². The van der Waals surface area contributed by atoms with E-state index in [2.05, 4.69) is 98.6 Å². The van der Waals surface area contributed by atoms with Crippen molar-refractivity contribution >= 4 is 32.9 Å². The Labute approximate surface area is 148 Å². The number of benzene rings is 4. The molecule has 0 saturated heterocycles. The summed E-state index contributed by atoms with van der Waals surface area (Å²) in [6.45, 7) is 4.72. The second-order valence-electron chi connectivity index (χ2n) is 7.52. The third-order valence-electron chi connectivity index (χ3n) is 5.80. The van der Waals surface area contributed by atoms with Crippen LogP contribution in [-0.2, 0) is 5.41 Å². The molecular weight excluding hydrogens is 302 g/mol. The second-order valence-corrected chi connectivity index (χ2v) is 7.52. The SMILES string of the molecule is CN1c2ccccc2C(C)(C)c2c1c1ccccc1c1ccccc21. The summed E-state index contributed by atoms with van der Waals surface area (Å²) in [6.07, 6.45) is 0. The lowest BCUT2D eigenvalue weighted by atomic mass is 9.71. The van der Waals surface area contributed by atoms with Crippen LogP contribution in [0.15, 0.2) is 72.8 Å². The van der Waals surface area contributed by atoms with Crippen molar-refractivity contribution in [2.24, 2.45) is 0 Å². The van der Waals surface area contributed by atoms with Gasteiger partial charge in [0.05, 0.1) is 5.69 Å². The summed E-state index contributed by atoms with van der Waals surface area (Å²) in [7, 11) is 2.20. The van der Waals surface area contributed by atoms with E-state index in [0.717, 1.165) is 0 Å². The molecule has 1 heteroatoms. The molecule has 1 aliphatic heterocycles. The van der Waals surface area contributed by atoms with Crippen LogP contribution in [0.1, 0.15) is 25.0 Å². The van der Waals surface area contributed by atoms with Crippen LogP contribution in [0.4, 0.5) is 11.4 Å². The van der Waals surface area contributed by atoms with Crippen molar-refractivity contribution in [2.75, 3.05) is 11.9 Å². The average Bonchev–Trinajstić information content (AvgIpc) is 2.65. The molecule has 0 aliphatic carbocycles. The summed E-state index contributed by atoms with van der Waals surface area (Å²) in [4.78, 5) is 2.38. The first kappa shape index (κ1) is 14.5. The minimum atomic E-state index is -0.0396. The molecule has 0 fully saturated rings. The van der Waals surface area contributed by atoms with Crippen molar-refractivity contribution in [3.8, 4) is 0 Å². The Balaban J connectivity index is 2.06. The quantitative estimate of drug-likeness (QED) is 0.338. The smallest absolute Gasteiger partial charge is 0.0535 e. The Morgan fingerprint density at radius 3 is 1.88 bits per heavy atom. The van der Waals surface area contributed by atoms with Crippen LogP contribution in [0.2, 0.25) is 0 Å². The lowest BCUT2D eigenvalue weighted by Crippen LogP contribution is -2.31. The van der Waals surface area contributed by atoms with E-state index in [0.29, 0.717) is 0 Å². The van der Waals surface area contributed by atoms with Crippen LogP contribution in [0.25, 0.3) is 21.5 Å². The second kappa shape index (κ2) is 4.86. The van der Waals surface area contributed by atoms with Gasteiger partial charge in [0.15, 0.2) is 0 Å². The molecule has 0 atom stereocenters. The Morgan fingerprint density at radius 1 is 0.640 bits per heavy atom. The van der Waals surface area contributed by atoms with E-state index in [4.69, 9.17) is 0 Å². The fourth-order valence-corrected chi connectivity index (χ4v) is 4.65. The molecule has 25 heavy (non-hydrogen) atoms. The number of anilines is 2. The van der Waals surface area contributed by atoms with Gasteiger partial charge in [-0.2, -0.15) is 0 Å². The minimum absolute atomic E-state index is 0.0396. The number of nitrogens with zero attached hydrogens (tertiary/aromatic N) is 1. The summed E-state index contributed by atoms with van der Waals surface area (Å²) in [6, 6.07) is 26.5. The summed E-state index contributed by atoms with van der Waals surface area (Å²) in [5.41, 5.74) is 5.44. The maximum Gasteiger partial charge on any atom is 0.0535 e. The molecule has 4 aromatic carbocycles. The molecule has 0 aromatic heterocycles. The van der Waals surface area contributed by atoms with E-state index in [-0.39, 0.29) is 5.41 Å². The largest absolute Gasteiger partial charge is 0.344 e. The van der Waals surface area contributed by atoms with Gasteiger partial charge in [0.2, 0.25) is 0 Å². The molecule has 4 aromatic rings. The van der Waals surface area contributed by atoms with E-state index in [9.17, 15) is 0 Å². The van der Waals surface area contributed by atoms with E-state index in [1.807, 2.05) is 0 Å². The molecule has 0 unspecified atom stereocenters. The standard InChI is InChI=1S/C24H21N/c1-24(2)20-14-8-9-15-21(20)25(3)23-19-13-7-5-11-17(19)16-10-4-6-12-18(16)22(23)24/h4-15H,1-3H3. The van der Waals surface area contributed by atoms with Gasteiger partial charge in [0.25, 0.3) is 0 Å². The molecule has 1 nitrogen and oxygen atoms in total. The summed E-state index contributed by atoms with van der Waals surface area (Å²) < 4.78 is 0. The molecule has 1 aliphatic rings. The highest BCUT2D eigenvalue weighted by atomic mass is 15.1. The fourth-order valence-electron chi connectivity index (χ4n) is 4.65. The first-order chi connectivity index (χ1) is 12.1. The predicted octanol–water partition coefficient (Wildman–Crippen LogP) is 6.40. The van der Waals surface area contributed by atoms with Gasteiger partial charge >= 0.3 is 0 Å². The maximum absolute atomic E-state index is 2.38. The van der Waals surface area contributed by atoms with Gasteiger partial charge in [0.1, 0.15) is 0 Å². The van der Waals surface area contributed by atoms with Crippen LogP contribution in [0, 0.1) is 0 Å². The van der Waals surface area contributed by atoms with Gasteiger partial charge in [0, 0.05) is 23.5 Å². The molecule has 0 spiro atoms. The van der Waals surface area contributed by atoms with Gasteiger partial charge in [-0.3, -0.25) is 0 Å². The van der Waals surface area contributed by atoms with Crippen LogP contribution in [0.5, 0.6) is 0 Å². The topological polar surface area (TPSA) is 3.24 Å². The normalized spacial score (nSPS) is 15.2. The number of hydrogen-bond donors (Lipinski definition) is 0. The lowest BCUT2D eigenvalue weighted by molar-refractivity contribution is 0.637. The van der Waals surface area contributed by atoms with Gasteiger partial charge in [-0.1, -0.05) is 80.6 Å². The average molecular weight is 323 g/mol. The van der Waals surface area contributed by atoms with Crippen molar-refractivity contribution in [3.05, 3.63) is 83.9 Å². The molecule has 0 amide bonds. The molecule has 1 heterocycles. The number of hydrogen-bond acceptors (Lipinski definition) is 1. The van der Waals surface area contributed by atoms with Crippen molar-refractivity contribution in [2.45, 2.75) is 19.3 Å². The Morgan fingerprint density at radius 2 is 1.16 bits per heavy atom. The fraction of sp³-hybridized carbons (Fsp3) is 0.167. The van der Waals surface area contributed by atoms with Crippen molar-refractivity contribution in [1.29, 1.82) is 0 Å². The van der Waals surface area contributed by atoms with Crippen molar-refractivity contribution in [1.82, 2.24) is 0 Å². The van der Waals surface area contributed by atoms with Crippen LogP contribution < -0.4 is 4.90 Å². The van der Waals surface area contributed by atoms with Gasteiger partial charge in [-0.25, -0.2) is 0 Å². The summed E-state index contributed by atoms with van der Waals surface area (Å²) in [5, 5.41) is 5.38. The first-order valence-electron chi connectivity index (χ1n) is 8.88. The maximum atomic E-state index is 2.38. The molecular formula is C24H21N. The molecule has 122 valence electrons. The third-order valence-corrected chi connectivity index (χ3v) is 5.80. The molecule has 5 rings (SSSR count). The highest BCUT2D eigenvalue weighted by molar-refractivity contribution is 6.17. The first-order valence-corrected chi connectivity index (χ1v) is 8.88. The monoisotopic (exact) mass is 323 g/mol. The van der Waals surface area contributed by atoms with Crippen LogP contribution >= 0.6 is 0 Å². The highest BCUT2D eigenvalue weighted by Gasteiger charge is 2.37. The zero-order valence-electron chi connectivity index (χ0n) is 14.9. The molecule has 0 N–H and O–H groups in total. The number of rotatable bonds is 0. The number of para-hydroxylation sites is 1. The highest BCUT2D eigenvalue weighted by Crippen LogP contribution is 2.53. The van der Waals surface area contributed by atoms with E-state index < -0.39 is 0 Å². The van der Waals surface area contributed by atoms with Crippen LogP contribution in [0.3, 0.4) is 0 Å². The van der Waals surface area contributed by atoms with E-state index in [1.165, 1.54) is 44.0 Å². The third kappa shape index (κ3) is 1.78. The summed E-state index contributed by atoms with van der Waals surface area (Å²) in [5.74, 6) is 0. The van der Waals surface area contributed by atoms with Crippen LogP contribution in [-0.4, -0.2) is 7.05 Å².